The zero-order valence-electron chi connectivity index (χ0n) is 16.9. The molecular weight excluding hydrogens is 368 g/mol. The number of para-hydroxylation sites is 1. The molecule has 0 amide bonds. The number of hydrogen-bond donors (Lipinski definition) is 0. The number of pyridine rings is 1. The third kappa shape index (κ3) is 4.06. The fraction of sp³-hybridized carbons (Fsp3) is 0.391. The Morgan fingerprint density at radius 2 is 2.10 bits per heavy atom. The summed E-state index contributed by atoms with van der Waals surface area (Å²) in [4.78, 5) is 18.9. The van der Waals surface area contributed by atoms with Gasteiger partial charge in [0.15, 0.2) is 0 Å². The van der Waals surface area contributed by atoms with E-state index in [-0.39, 0.29) is 12.4 Å². The molecule has 0 N–H and O–H groups in total. The molecule has 0 radical (unpaired) electrons. The monoisotopic (exact) mass is 394 g/mol. The molecule has 3 aromatic rings. The minimum atomic E-state index is -0.500. The Balaban J connectivity index is 1.57. The fourth-order valence-electron chi connectivity index (χ4n) is 3.93. The summed E-state index contributed by atoms with van der Waals surface area (Å²) in [6.07, 6.45) is 4.83. The van der Waals surface area contributed by atoms with E-state index in [0.29, 0.717) is 17.6 Å². The van der Waals surface area contributed by atoms with Gasteiger partial charge in [0.2, 0.25) is 5.76 Å². The number of rotatable bonds is 6. The van der Waals surface area contributed by atoms with Crippen LogP contribution in [0.5, 0.6) is 5.75 Å². The van der Waals surface area contributed by atoms with E-state index < -0.39 is 5.97 Å². The maximum absolute atomic E-state index is 11.5. The summed E-state index contributed by atoms with van der Waals surface area (Å²) in [5.41, 5.74) is 0.838. The Morgan fingerprint density at radius 1 is 1.21 bits per heavy atom. The van der Waals surface area contributed by atoms with Crippen molar-refractivity contribution in [3.63, 3.8) is 0 Å². The minimum absolute atomic E-state index is 0.167. The van der Waals surface area contributed by atoms with E-state index >= 15 is 0 Å². The Hall–Kier alpha value is -3.02. The molecule has 29 heavy (non-hydrogen) atoms. The van der Waals surface area contributed by atoms with Crippen molar-refractivity contribution in [2.75, 3.05) is 18.6 Å². The summed E-state index contributed by atoms with van der Waals surface area (Å²) >= 11 is 0. The van der Waals surface area contributed by atoms with Crippen molar-refractivity contribution < 1.29 is 18.7 Å². The number of esters is 1. The number of ether oxygens (including phenoxy) is 2. The van der Waals surface area contributed by atoms with Crippen molar-refractivity contribution in [2.24, 2.45) is 0 Å². The van der Waals surface area contributed by atoms with Crippen molar-refractivity contribution in [3.05, 3.63) is 54.0 Å². The van der Waals surface area contributed by atoms with Crippen molar-refractivity contribution in [1.29, 1.82) is 0 Å². The van der Waals surface area contributed by atoms with Gasteiger partial charge in [0, 0.05) is 18.0 Å². The van der Waals surface area contributed by atoms with E-state index in [2.05, 4.69) is 28.7 Å². The maximum Gasteiger partial charge on any atom is 0.373 e. The van der Waals surface area contributed by atoms with Crippen LogP contribution < -0.4 is 9.64 Å². The summed E-state index contributed by atoms with van der Waals surface area (Å²) in [5, 5.41) is 1.03. The highest BCUT2D eigenvalue weighted by molar-refractivity contribution is 5.86. The van der Waals surface area contributed by atoms with E-state index in [4.69, 9.17) is 14.1 Å². The molecule has 6 nitrogen and oxygen atoms in total. The quantitative estimate of drug-likeness (QED) is 0.551. The Kier molecular flexibility index (Phi) is 5.69. The van der Waals surface area contributed by atoms with E-state index in [1.54, 1.807) is 12.1 Å². The van der Waals surface area contributed by atoms with Gasteiger partial charge in [-0.15, -0.1) is 0 Å². The highest BCUT2D eigenvalue weighted by Crippen LogP contribution is 2.30. The number of nitrogens with zero attached hydrogens (tertiary/aromatic N) is 2. The molecule has 0 spiro atoms. The number of piperidine rings is 1. The zero-order chi connectivity index (χ0) is 20.2. The second-order valence-corrected chi connectivity index (χ2v) is 7.29. The molecule has 1 aliphatic rings. The van der Waals surface area contributed by atoms with Crippen LogP contribution in [0, 0.1) is 0 Å². The lowest BCUT2D eigenvalue weighted by Gasteiger charge is -2.36. The van der Waals surface area contributed by atoms with Gasteiger partial charge in [-0.1, -0.05) is 19.1 Å². The molecule has 1 aliphatic heterocycles. The first-order chi connectivity index (χ1) is 14.2. The molecule has 1 aromatic carbocycles. The highest BCUT2D eigenvalue weighted by atomic mass is 16.5. The van der Waals surface area contributed by atoms with E-state index in [9.17, 15) is 4.79 Å². The number of methoxy groups -OCH3 is 1. The molecule has 1 unspecified atom stereocenters. The van der Waals surface area contributed by atoms with Gasteiger partial charge in [-0.25, -0.2) is 9.78 Å². The predicted molar refractivity (Wildman–Crippen MR) is 111 cm³/mol. The zero-order valence-corrected chi connectivity index (χ0v) is 16.9. The van der Waals surface area contributed by atoms with Crippen LogP contribution >= 0.6 is 0 Å². The molecule has 0 bridgehead atoms. The smallest absolute Gasteiger partial charge is 0.373 e. The first-order valence-electron chi connectivity index (χ1n) is 10.2. The van der Waals surface area contributed by atoms with Crippen molar-refractivity contribution >= 4 is 22.7 Å². The first-order valence-corrected chi connectivity index (χ1v) is 10.2. The van der Waals surface area contributed by atoms with Crippen molar-refractivity contribution in [2.45, 2.75) is 45.3 Å². The van der Waals surface area contributed by atoms with Crippen LogP contribution in [-0.2, 0) is 11.3 Å². The summed E-state index contributed by atoms with van der Waals surface area (Å²) < 4.78 is 16.2. The summed E-state index contributed by atoms with van der Waals surface area (Å²) in [7, 11) is 1.33. The number of furan rings is 1. The number of aromatic nitrogens is 1. The van der Waals surface area contributed by atoms with Crippen LogP contribution in [-0.4, -0.2) is 30.6 Å². The first kappa shape index (κ1) is 19.3. The van der Waals surface area contributed by atoms with Gasteiger partial charge in [-0.05, 0) is 56.0 Å². The number of carbonyl (C=O) groups is 1. The Labute approximate surface area is 170 Å². The number of benzene rings is 1. The van der Waals surface area contributed by atoms with Gasteiger partial charge < -0.3 is 18.8 Å². The van der Waals surface area contributed by atoms with Crippen LogP contribution in [0.2, 0.25) is 0 Å². The second-order valence-electron chi connectivity index (χ2n) is 7.29. The van der Waals surface area contributed by atoms with Crippen LogP contribution in [0.1, 0.15) is 48.9 Å². The second kappa shape index (κ2) is 8.55. The third-order valence-corrected chi connectivity index (χ3v) is 5.48. The predicted octanol–water partition coefficient (Wildman–Crippen LogP) is 4.96. The minimum Gasteiger partial charge on any atom is -0.483 e. The molecule has 6 heteroatoms. The van der Waals surface area contributed by atoms with Crippen LogP contribution in [0.3, 0.4) is 0 Å². The molecule has 2 aromatic heterocycles. The normalized spacial score (nSPS) is 16.8. The van der Waals surface area contributed by atoms with Crippen LogP contribution in [0.15, 0.2) is 46.9 Å². The van der Waals surface area contributed by atoms with E-state index in [1.165, 1.54) is 26.4 Å². The summed E-state index contributed by atoms with van der Waals surface area (Å²) in [5.74, 6) is 1.93. The summed E-state index contributed by atoms with van der Waals surface area (Å²) in [6.45, 7) is 3.50. The number of hydrogen-bond acceptors (Lipinski definition) is 6. The maximum atomic E-state index is 11.5. The average Bonchev–Trinajstić information content (AvgIpc) is 3.25. The average molecular weight is 394 g/mol. The van der Waals surface area contributed by atoms with E-state index in [0.717, 1.165) is 29.7 Å². The molecule has 0 saturated carbocycles. The number of carbonyl (C=O) groups excluding carboxylic acids is 1. The molecule has 3 heterocycles. The van der Waals surface area contributed by atoms with Gasteiger partial charge >= 0.3 is 5.97 Å². The fourth-order valence-corrected chi connectivity index (χ4v) is 3.93. The van der Waals surface area contributed by atoms with Gasteiger partial charge in [-0.2, -0.15) is 0 Å². The number of anilines is 1. The molecule has 152 valence electrons. The molecule has 1 saturated heterocycles. The van der Waals surface area contributed by atoms with E-state index in [1.807, 2.05) is 18.2 Å². The van der Waals surface area contributed by atoms with Crippen molar-refractivity contribution in [1.82, 2.24) is 4.98 Å². The van der Waals surface area contributed by atoms with Crippen LogP contribution in [0.4, 0.5) is 5.82 Å². The summed E-state index contributed by atoms with van der Waals surface area (Å²) in [6, 6.07) is 14.0. The van der Waals surface area contributed by atoms with Crippen LogP contribution in [0.25, 0.3) is 10.9 Å². The largest absolute Gasteiger partial charge is 0.483 e. The Morgan fingerprint density at radius 3 is 2.93 bits per heavy atom. The molecule has 1 fully saturated rings. The third-order valence-electron chi connectivity index (χ3n) is 5.48. The molecular formula is C23H26N2O4. The lowest BCUT2D eigenvalue weighted by molar-refractivity contribution is 0.0561. The van der Waals surface area contributed by atoms with Gasteiger partial charge in [0.25, 0.3) is 0 Å². The van der Waals surface area contributed by atoms with Gasteiger partial charge in [0.1, 0.15) is 29.5 Å². The lowest BCUT2D eigenvalue weighted by Crippen LogP contribution is -2.39. The van der Waals surface area contributed by atoms with Gasteiger partial charge in [0.05, 0.1) is 7.11 Å². The standard InChI is InChI=1S/C23H26N2O4/c1-3-17-8-4-5-14-25(17)21-13-10-16-7-6-9-19(22(16)24-21)28-15-18-11-12-20(29-18)23(26)27-2/h6-7,9-13,17H,3-5,8,14-15H2,1-2H3. The van der Waals surface area contributed by atoms with Crippen molar-refractivity contribution in [3.8, 4) is 5.75 Å². The van der Waals surface area contributed by atoms with Gasteiger partial charge in [-0.3, -0.25) is 0 Å². The lowest BCUT2D eigenvalue weighted by atomic mass is 10.00. The Bertz CT molecular complexity index is 997. The molecule has 1 atom stereocenters. The molecule has 0 aliphatic carbocycles. The SMILES string of the molecule is CCC1CCCCN1c1ccc2cccc(OCc3ccc(C(=O)OC)o3)c2n1. The number of fused-ring (bicyclic) bond motifs is 1. The topological polar surface area (TPSA) is 64.8 Å². The highest BCUT2D eigenvalue weighted by Gasteiger charge is 2.22. The molecule has 4 rings (SSSR count).